The van der Waals surface area contributed by atoms with Crippen LogP contribution in [0.4, 0.5) is 0 Å². The number of likely N-dealkylation sites (tertiary alicyclic amines) is 1. The van der Waals surface area contributed by atoms with Crippen LogP contribution in [0.3, 0.4) is 0 Å². The largest absolute Gasteiger partial charge is 0.343 e. The Bertz CT molecular complexity index is 499. The summed E-state index contributed by atoms with van der Waals surface area (Å²) >= 11 is 0. The fourth-order valence-electron chi connectivity index (χ4n) is 3.66. The van der Waals surface area contributed by atoms with E-state index in [1.54, 1.807) is 0 Å². The molecule has 2 saturated heterocycles. The molecule has 2 heterocycles. The van der Waals surface area contributed by atoms with Gasteiger partial charge in [0.05, 0.1) is 0 Å². The van der Waals surface area contributed by atoms with Crippen LogP contribution in [-0.2, 0) is 16.0 Å². The van der Waals surface area contributed by atoms with Gasteiger partial charge < -0.3 is 9.47 Å². The maximum atomic E-state index is 6.16. The van der Waals surface area contributed by atoms with Gasteiger partial charge in [0, 0.05) is 18.6 Å². The van der Waals surface area contributed by atoms with Crippen molar-refractivity contribution in [2.45, 2.75) is 63.8 Å². The van der Waals surface area contributed by atoms with Gasteiger partial charge in [-0.25, -0.2) is 0 Å². The van der Waals surface area contributed by atoms with E-state index in [9.17, 15) is 0 Å². The summed E-state index contributed by atoms with van der Waals surface area (Å²) in [6.45, 7) is 11.1. The minimum absolute atomic E-state index is 0.136. The second-order valence-corrected chi connectivity index (χ2v) is 6.56. The van der Waals surface area contributed by atoms with Crippen molar-refractivity contribution in [3.05, 3.63) is 48.6 Å². The van der Waals surface area contributed by atoms with E-state index < -0.39 is 5.79 Å². The van der Waals surface area contributed by atoms with Crippen LogP contribution >= 0.6 is 0 Å². The van der Waals surface area contributed by atoms with Crippen molar-refractivity contribution < 1.29 is 9.47 Å². The molecule has 0 aliphatic carbocycles. The van der Waals surface area contributed by atoms with E-state index in [0.717, 1.165) is 13.0 Å². The Balaban J connectivity index is 1.82. The summed E-state index contributed by atoms with van der Waals surface area (Å²) in [6, 6.07) is 11.3. The van der Waals surface area contributed by atoms with E-state index in [-0.39, 0.29) is 12.2 Å². The van der Waals surface area contributed by atoms with Crippen molar-refractivity contribution >= 4 is 0 Å². The zero-order valence-corrected chi connectivity index (χ0v) is 13.2. The number of ether oxygens (including phenoxy) is 2. The zero-order chi connectivity index (χ0) is 15.0. The Labute approximate surface area is 127 Å². The molecule has 0 saturated carbocycles. The molecular formula is C18H25NO2. The van der Waals surface area contributed by atoms with Crippen LogP contribution in [-0.4, -0.2) is 35.0 Å². The van der Waals surface area contributed by atoms with Crippen LogP contribution in [0.1, 0.15) is 32.8 Å². The fraction of sp³-hybridized carbons (Fsp3) is 0.556. The fourth-order valence-corrected chi connectivity index (χ4v) is 3.66. The van der Waals surface area contributed by atoms with Crippen LogP contribution in [0.2, 0.25) is 0 Å². The second kappa shape index (κ2) is 5.56. The van der Waals surface area contributed by atoms with Crippen LogP contribution < -0.4 is 0 Å². The first-order valence-corrected chi connectivity index (χ1v) is 7.78. The highest BCUT2D eigenvalue weighted by Gasteiger charge is 2.55. The van der Waals surface area contributed by atoms with Gasteiger partial charge in [0.2, 0.25) is 0 Å². The molecule has 0 unspecified atom stereocenters. The first kappa shape index (κ1) is 14.8. The molecular weight excluding hydrogens is 262 g/mol. The lowest BCUT2D eigenvalue weighted by atomic mass is 10.1. The molecule has 1 aromatic carbocycles. The van der Waals surface area contributed by atoms with Gasteiger partial charge >= 0.3 is 0 Å². The molecule has 3 nitrogen and oxygen atoms in total. The molecule has 114 valence electrons. The minimum Gasteiger partial charge on any atom is -0.343 e. The van der Waals surface area contributed by atoms with Crippen molar-refractivity contribution in [1.82, 2.24) is 4.90 Å². The highest BCUT2D eigenvalue weighted by atomic mass is 16.8. The summed E-state index contributed by atoms with van der Waals surface area (Å²) in [7, 11) is 0. The molecule has 2 fully saturated rings. The Morgan fingerprint density at radius 2 is 1.86 bits per heavy atom. The molecule has 0 bridgehead atoms. The minimum atomic E-state index is -0.470. The van der Waals surface area contributed by atoms with Crippen molar-refractivity contribution in [2.24, 2.45) is 0 Å². The molecule has 21 heavy (non-hydrogen) atoms. The lowest BCUT2D eigenvalue weighted by Gasteiger charge is -2.32. The third-order valence-corrected chi connectivity index (χ3v) is 4.58. The Morgan fingerprint density at radius 3 is 2.52 bits per heavy atom. The number of hydrogen-bond acceptors (Lipinski definition) is 3. The molecule has 4 atom stereocenters. The average Bonchev–Trinajstić information content (AvgIpc) is 2.88. The van der Waals surface area contributed by atoms with E-state index in [0.29, 0.717) is 12.1 Å². The van der Waals surface area contributed by atoms with Crippen LogP contribution in [0.15, 0.2) is 43.0 Å². The summed E-state index contributed by atoms with van der Waals surface area (Å²) in [6.07, 6.45) is 3.20. The quantitative estimate of drug-likeness (QED) is 0.793. The van der Waals surface area contributed by atoms with E-state index in [4.69, 9.17) is 9.47 Å². The van der Waals surface area contributed by atoms with Crippen LogP contribution in [0.5, 0.6) is 0 Å². The molecule has 0 aromatic heterocycles. The van der Waals surface area contributed by atoms with Crippen LogP contribution in [0, 0.1) is 0 Å². The Kier molecular flexibility index (Phi) is 3.91. The maximum Gasteiger partial charge on any atom is 0.163 e. The third-order valence-electron chi connectivity index (χ3n) is 4.58. The third kappa shape index (κ3) is 2.78. The van der Waals surface area contributed by atoms with Gasteiger partial charge in [-0.15, -0.1) is 6.58 Å². The zero-order valence-electron chi connectivity index (χ0n) is 13.2. The molecule has 0 N–H and O–H groups in total. The van der Waals surface area contributed by atoms with Gasteiger partial charge in [0.25, 0.3) is 0 Å². The predicted molar refractivity (Wildman–Crippen MR) is 83.9 cm³/mol. The predicted octanol–water partition coefficient (Wildman–Crippen LogP) is 3.36. The normalized spacial score (nSPS) is 34.8. The highest BCUT2D eigenvalue weighted by Crippen LogP contribution is 2.41. The standard InChI is InChI=1S/C18H25NO2/c1-5-9-15-17-16(20-18(3,4)21-17)13(2)19(15)12-14-10-7-6-8-11-14/h5-8,10-11,13,15-17H,1,9,12H2,2-4H3/t13-,15-,16+,17-/m0/s1. The van der Waals surface area contributed by atoms with E-state index in [1.165, 1.54) is 5.56 Å². The van der Waals surface area contributed by atoms with Gasteiger partial charge in [-0.2, -0.15) is 0 Å². The summed E-state index contributed by atoms with van der Waals surface area (Å²) in [5, 5.41) is 0. The first-order chi connectivity index (χ1) is 10.0. The molecule has 3 heteroatoms. The van der Waals surface area contributed by atoms with Gasteiger partial charge in [-0.1, -0.05) is 36.4 Å². The summed E-state index contributed by atoms with van der Waals surface area (Å²) < 4.78 is 12.3. The molecule has 3 rings (SSSR count). The Morgan fingerprint density at radius 1 is 1.19 bits per heavy atom. The van der Waals surface area contributed by atoms with E-state index in [1.807, 2.05) is 19.9 Å². The highest BCUT2D eigenvalue weighted by molar-refractivity contribution is 5.17. The van der Waals surface area contributed by atoms with Crippen molar-refractivity contribution in [2.75, 3.05) is 0 Å². The average molecular weight is 287 g/mol. The van der Waals surface area contributed by atoms with Crippen LogP contribution in [0.25, 0.3) is 0 Å². The number of nitrogens with zero attached hydrogens (tertiary/aromatic N) is 1. The van der Waals surface area contributed by atoms with E-state index >= 15 is 0 Å². The van der Waals surface area contributed by atoms with Crippen molar-refractivity contribution in [3.63, 3.8) is 0 Å². The van der Waals surface area contributed by atoms with Gasteiger partial charge in [0.15, 0.2) is 5.79 Å². The lowest BCUT2D eigenvalue weighted by molar-refractivity contribution is -0.167. The maximum absolute atomic E-state index is 6.16. The summed E-state index contributed by atoms with van der Waals surface area (Å²) in [5.41, 5.74) is 1.33. The van der Waals surface area contributed by atoms with E-state index in [2.05, 4.69) is 48.7 Å². The van der Waals surface area contributed by atoms with Gasteiger partial charge in [0.1, 0.15) is 12.2 Å². The summed E-state index contributed by atoms with van der Waals surface area (Å²) in [5.74, 6) is -0.470. The van der Waals surface area contributed by atoms with Crippen molar-refractivity contribution in [1.29, 1.82) is 0 Å². The topological polar surface area (TPSA) is 21.7 Å². The lowest BCUT2D eigenvalue weighted by Crippen LogP contribution is -2.40. The van der Waals surface area contributed by atoms with Gasteiger partial charge in [-0.3, -0.25) is 4.90 Å². The first-order valence-electron chi connectivity index (χ1n) is 7.78. The second-order valence-electron chi connectivity index (χ2n) is 6.56. The number of hydrogen-bond donors (Lipinski definition) is 0. The molecule has 1 aromatic rings. The number of benzene rings is 1. The SMILES string of the molecule is C=CC[C@H]1[C@@H]2OC(C)(C)O[C@@H]2[C@H](C)N1Cc1ccccc1. The Hall–Kier alpha value is -1.16. The monoisotopic (exact) mass is 287 g/mol. The molecule has 0 radical (unpaired) electrons. The molecule has 2 aliphatic rings. The number of rotatable bonds is 4. The smallest absolute Gasteiger partial charge is 0.163 e. The summed E-state index contributed by atoms with van der Waals surface area (Å²) in [4.78, 5) is 2.50. The molecule has 0 amide bonds. The number of fused-ring (bicyclic) bond motifs is 1. The molecule has 0 spiro atoms. The molecule has 2 aliphatic heterocycles. The van der Waals surface area contributed by atoms with Gasteiger partial charge in [-0.05, 0) is 32.8 Å². The van der Waals surface area contributed by atoms with Crippen molar-refractivity contribution in [3.8, 4) is 0 Å².